The van der Waals surface area contributed by atoms with Gasteiger partial charge in [0.2, 0.25) is 0 Å². The standard InChI is InChI=1S/C14H22N2/c1-11(2)13-4-3-5-14(8-13)16-7-6-12(9-15)10-16/h3-5,8,11-12H,6-7,9-10,15H2,1-2H3. The fourth-order valence-electron chi connectivity index (χ4n) is 2.34. The minimum Gasteiger partial charge on any atom is -0.371 e. The fraction of sp³-hybridized carbons (Fsp3) is 0.571. The Morgan fingerprint density at radius 3 is 2.88 bits per heavy atom. The number of anilines is 1. The van der Waals surface area contributed by atoms with Crippen LogP contribution in [0.25, 0.3) is 0 Å². The molecule has 1 fully saturated rings. The second-order valence-electron chi connectivity index (χ2n) is 5.09. The molecule has 2 heteroatoms. The van der Waals surface area contributed by atoms with Gasteiger partial charge in [-0.05, 0) is 42.5 Å². The minimum atomic E-state index is 0.604. The van der Waals surface area contributed by atoms with E-state index in [1.807, 2.05) is 0 Å². The number of benzene rings is 1. The van der Waals surface area contributed by atoms with Crippen molar-refractivity contribution in [1.82, 2.24) is 0 Å². The number of nitrogens with two attached hydrogens (primary N) is 1. The van der Waals surface area contributed by atoms with E-state index in [4.69, 9.17) is 5.73 Å². The number of hydrogen-bond donors (Lipinski definition) is 1. The van der Waals surface area contributed by atoms with E-state index in [1.165, 1.54) is 17.7 Å². The molecule has 1 heterocycles. The zero-order chi connectivity index (χ0) is 11.5. The predicted molar refractivity (Wildman–Crippen MR) is 69.9 cm³/mol. The van der Waals surface area contributed by atoms with Crippen molar-refractivity contribution in [2.45, 2.75) is 26.2 Å². The molecule has 1 unspecified atom stereocenters. The van der Waals surface area contributed by atoms with Crippen LogP contribution in [0.5, 0.6) is 0 Å². The fourth-order valence-corrected chi connectivity index (χ4v) is 2.34. The van der Waals surface area contributed by atoms with Crippen molar-refractivity contribution in [2.75, 3.05) is 24.5 Å². The first-order valence-corrected chi connectivity index (χ1v) is 6.25. The monoisotopic (exact) mass is 218 g/mol. The Morgan fingerprint density at radius 1 is 1.44 bits per heavy atom. The molecule has 1 saturated heterocycles. The van der Waals surface area contributed by atoms with Crippen molar-refractivity contribution < 1.29 is 0 Å². The van der Waals surface area contributed by atoms with Crippen LogP contribution in [0.1, 0.15) is 31.7 Å². The molecule has 1 aliphatic rings. The molecule has 2 rings (SSSR count). The molecule has 0 amide bonds. The van der Waals surface area contributed by atoms with E-state index in [0.29, 0.717) is 11.8 Å². The summed E-state index contributed by atoms with van der Waals surface area (Å²) in [6.45, 7) is 7.58. The number of nitrogens with zero attached hydrogens (tertiary/aromatic N) is 1. The van der Waals surface area contributed by atoms with Crippen LogP contribution in [0.2, 0.25) is 0 Å². The van der Waals surface area contributed by atoms with Crippen LogP contribution in [0.4, 0.5) is 5.69 Å². The molecule has 0 bridgehead atoms. The molecule has 1 atom stereocenters. The third-order valence-electron chi connectivity index (χ3n) is 3.52. The highest BCUT2D eigenvalue weighted by Gasteiger charge is 2.21. The molecule has 88 valence electrons. The molecule has 0 saturated carbocycles. The minimum absolute atomic E-state index is 0.604. The van der Waals surface area contributed by atoms with Crippen molar-refractivity contribution in [1.29, 1.82) is 0 Å². The summed E-state index contributed by atoms with van der Waals surface area (Å²) in [5, 5.41) is 0. The first-order chi connectivity index (χ1) is 7.70. The maximum atomic E-state index is 5.73. The summed E-state index contributed by atoms with van der Waals surface area (Å²) in [6, 6.07) is 8.92. The zero-order valence-corrected chi connectivity index (χ0v) is 10.3. The lowest BCUT2D eigenvalue weighted by Crippen LogP contribution is -2.22. The molecule has 1 aromatic carbocycles. The molecule has 16 heavy (non-hydrogen) atoms. The lowest BCUT2D eigenvalue weighted by Gasteiger charge is -2.20. The van der Waals surface area contributed by atoms with Crippen molar-refractivity contribution in [3.8, 4) is 0 Å². The molecular weight excluding hydrogens is 196 g/mol. The van der Waals surface area contributed by atoms with Crippen LogP contribution in [-0.4, -0.2) is 19.6 Å². The average molecular weight is 218 g/mol. The quantitative estimate of drug-likeness (QED) is 0.845. The van der Waals surface area contributed by atoms with Crippen LogP contribution in [0.3, 0.4) is 0 Å². The molecule has 1 aromatic rings. The Kier molecular flexibility index (Phi) is 3.49. The highest BCUT2D eigenvalue weighted by atomic mass is 15.2. The Hall–Kier alpha value is -1.02. The van der Waals surface area contributed by atoms with Gasteiger partial charge in [0.1, 0.15) is 0 Å². The first-order valence-electron chi connectivity index (χ1n) is 6.25. The summed E-state index contributed by atoms with van der Waals surface area (Å²) >= 11 is 0. The largest absolute Gasteiger partial charge is 0.371 e. The van der Waals surface area contributed by atoms with Gasteiger partial charge in [0.15, 0.2) is 0 Å². The summed E-state index contributed by atoms with van der Waals surface area (Å²) in [6.07, 6.45) is 1.24. The van der Waals surface area contributed by atoms with E-state index in [-0.39, 0.29) is 0 Å². The number of hydrogen-bond acceptors (Lipinski definition) is 2. The molecule has 2 nitrogen and oxygen atoms in total. The van der Waals surface area contributed by atoms with E-state index < -0.39 is 0 Å². The second kappa shape index (κ2) is 4.88. The lowest BCUT2D eigenvalue weighted by molar-refractivity contribution is 0.602. The summed E-state index contributed by atoms with van der Waals surface area (Å²) in [5.41, 5.74) is 8.51. The molecule has 0 aliphatic carbocycles. The van der Waals surface area contributed by atoms with Gasteiger partial charge in [-0.1, -0.05) is 26.0 Å². The van der Waals surface area contributed by atoms with E-state index in [0.717, 1.165) is 19.6 Å². The summed E-state index contributed by atoms with van der Waals surface area (Å²) in [4.78, 5) is 2.46. The second-order valence-corrected chi connectivity index (χ2v) is 5.09. The van der Waals surface area contributed by atoms with Gasteiger partial charge < -0.3 is 10.6 Å². The Morgan fingerprint density at radius 2 is 2.25 bits per heavy atom. The van der Waals surface area contributed by atoms with Gasteiger partial charge in [-0.15, -0.1) is 0 Å². The van der Waals surface area contributed by atoms with Crippen LogP contribution in [0.15, 0.2) is 24.3 Å². The highest BCUT2D eigenvalue weighted by Crippen LogP contribution is 2.26. The van der Waals surface area contributed by atoms with Gasteiger partial charge in [-0.25, -0.2) is 0 Å². The third kappa shape index (κ3) is 2.38. The highest BCUT2D eigenvalue weighted by molar-refractivity contribution is 5.50. The Bertz CT molecular complexity index is 346. The number of rotatable bonds is 3. The molecule has 0 radical (unpaired) electrons. The summed E-state index contributed by atoms with van der Waals surface area (Å²) in [7, 11) is 0. The average Bonchev–Trinajstić information content (AvgIpc) is 2.77. The Labute approximate surface area is 98.4 Å². The third-order valence-corrected chi connectivity index (χ3v) is 3.52. The molecular formula is C14H22N2. The maximum Gasteiger partial charge on any atom is 0.0369 e. The van der Waals surface area contributed by atoms with Crippen molar-refractivity contribution in [2.24, 2.45) is 11.7 Å². The van der Waals surface area contributed by atoms with Crippen LogP contribution in [0, 0.1) is 5.92 Å². The van der Waals surface area contributed by atoms with Gasteiger partial charge in [0.05, 0.1) is 0 Å². The smallest absolute Gasteiger partial charge is 0.0369 e. The lowest BCUT2D eigenvalue weighted by atomic mass is 10.0. The maximum absolute atomic E-state index is 5.73. The zero-order valence-electron chi connectivity index (χ0n) is 10.3. The van der Waals surface area contributed by atoms with Crippen LogP contribution >= 0.6 is 0 Å². The van der Waals surface area contributed by atoms with Gasteiger partial charge >= 0.3 is 0 Å². The van der Waals surface area contributed by atoms with Gasteiger partial charge in [-0.3, -0.25) is 0 Å². The predicted octanol–water partition coefficient (Wildman–Crippen LogP) is 2.60. The van der Waals surface area contributed by atoms with Crippen molar-refractivity contribution in [3.05, 3.63) is 29.8 Å². The summed E-state index contributed by atoms with van der Waals surface area (Å²) in [5.74, 6) is 1.29. The van der Waals surface area contributed by atoms with E-state index in [2.05, 4.69) is 43.0 Å². The summed E-state index contributed by atoms with van der Waals surface area (Å²) < 4.78 is 0. The van der Waals surface area contributed by atoms with Crippen LogP contribution in [-0.2, 0) is 0 Å². The molecule has 0 aromatic heterocycles. The molecule has 0 spiro atoms. The van der Waals surface area contributed by atoms with Crippen molar-refractivity contribution in [3.63, 3.8) is 0 Å². The SMILES string of the molecule is CC(C)c1cccc(N2CCC(CN)C2)c1. The Balaban J connectivity index is 2.12. The molecule has 2 N–H and O–H groups in total. The van der Waals surface area contributed by atoms with Gasteiger partial charge in [-0.2, -0.15) is 0 Å². The van der Waals surface area contributed by atoms with E-state index in [1.54, 1.807) is 0 Å². The van der Waals surface area contributed by atoms with E-state index in [9.17, 15) is 0 Å². The topological polar surface area (TPSA) is 29.3 Å². The first kappa shape index (κ1) is 11.5. The van der Waals surface area contributed by atoms with E-state index >= 15 is 0 Å². The molecule has 1 aliphatic heterocycles. The van der Waals surface area contributed by atoms with Crippen molar-refractivity contribution >= 4 is 5.69 Å². The van der Waals surface area contributed by atoms with Gasteiger partial charge in [0, 0.05) is 18.8 Å². The van der Waals surface area contributed by atoms with Crippen LogP contribution < -0.4 is 10.6 Å². The normalized spacial score (nSPS) is 20.8. The van der Waals surface area contributed by atoms with Gasteiger partial charge in [0.25, 0.3) is 0 Å².